The van der Waals surface area contributed by atoms with Gasteiger partial charge in [0.05, 0.1) is 25.6 Å². The summed E-state index contributed by atoms with van der Waals surface area (Å²) in [5.41, 5.74) is 0.985. The fourth-order valence-corrected chi connectivity index (χ4v) is 3.69. The van der Waals surface area contributed by atoms with Crippen molar-refractivity contribution in [1.82, 2.24) is 9.97 Å². The first kappa shape index (κ1) is 26.9. The molecule has 1 aromatic heterocycles. The summed E-state index contributed by atoms with van der Waals surface area (Å²) in [6.45, 7) is 9.85. The van der Waals surface area contributed by atoms with E-state index < -0.39 is 0 Å². The summed E-state index contributed by atoms with van der Waals surface area (Å²) in [6.07, 6.45) is 20.3. The van der Waals surface area contributed by atoms with Crippen molar-refractivity contribution in [3.8, 4) is 22.9 Å². The van der Waals surface area contributed by atoms with E-state index in [-0.39, 0.29) is 0 Å². The zero-order valence-electron chi connectivity index (χ0n) is 20.9. The van der Waals surface area contributed by atoms with Crippen molar-refractivity contribution in [3.63, 3.8) is 0 Å². The fourth-order valence-electron chi connectivity index (χ4n) is 3.69. The molecule has 0 amide bonds. The number of hydrogen-bond acceptors (Lipinski definition) is 4. The Kier molecular flexibility index (Phi) is 14.0. The summed E-state index contributed by atoms with van der Waals surface area (Å²) in [4.78, 5) is 8.94. The molecule has 0 saturated carbocycles. The van der Waals surface area contributed by atoms with Crippen molar-refractivity contribution in [3.05, 3.63) is 49.3 Å². The zero-order chi connectivity index (χ0) is 23.6. The molecule has 33 heavy (non-hydrogen) atoms. The molecule has 1 unspecified atom stereocenters. The second kappa shape index (κ2) is 17.2. The van der Waals surface area contributed by atoms with E-state index in [1.807, 2.05) is 30.3 Å². The summed E-state index contributed by atoms with van der Waals surface area (Å²) in [5.74, 6) is 3.18. The van der Waals surface area contributed by atoms with Gasteiger partial charge in [0, 0.05) is 5.56 Å². The van der Waals surface area contributed by atoms with Crippen LogP contribution in [0, 0.1) is 5.92 Å². The first-order valence-corrected chi connectivity index (χ1v) is 13.0. The van der Waals surface area contributed by atoms with Crippen LogP contribution in [-0.2, 0) is 0 Å². The Hall–Kier alpha value is -2.36. The minimum absolute atomic E-state index is 0.707. The smallest absolute Gasteiger partial charge is 0.159 e. The molecular weight excluding hydrogens is 408 g/mol. The van der Waals surface area contributed by atoms with Crippen LogP contribution in [0.25, 0.3) is 11.4 Å². The van der Waals surface area contributed by atoms with Gasteiger partial charge in [-0.3, -0.25) is 0 Å². The highest BCUT2D eigenvalue weighted by Gasteiger charge is 2.04. The van der Waals surface area contributed by atoms with Crippen LogP contribution < -0.4 is 9.47 Å². The summed E-state index contributed by atoms with van der Waals surface area (Å²) in [7, 11) is 0. The van der Waals surface area contributed by atoms with Crippen molar-refractivity contribution >= 4 is 0 Å². The van der Waals surface area contributed by atoms with Crippen molar-refractivity contribution in [2.45, 2.75) is 90.9 Å². The third-order valence-corrected chi connectivity index (χ3v) is 6.12. The normalized spacial score (nSPS) is 11.8. The number of aromatic nitrogens is 2. The molecule has 2 aromatic rings. The second-order valence-corrected chi connectivity index (χ2v) is 9.03. The molecule has 0 aliphatic rings. The maximum absolute atomic E-state index is 5.88. The molecule has 0 spiro atoms. The van der Waals surface area contributed by atoms with Gasteiger partial charge in [0.2, 0.25) is 0 Å². The summed E-state index contributed by atoms with van der Waals surface area (Å²) in [5, 5.41) is 0. The van der Waals surface area contributed by atoms with E-state index in [0.29, 0.717) is 5.82 Å². The van der Waals surface area contributed by atoms with Gasteiger partial charge in [-0.15, -0.1) is 6.58 Å². The lowest BCUT2D eigenvalue weighted by Gasteiger charge is -2.09. The molecule has 0 saturated heterocycles. The number of rotatable bonds is 19. The maximum Gasteiger partial charge on any atom is 0.159 e. The van der Waals surface area contributed by atoms with Crippen LogP contribution >= 0.6 is 0 Å². The van der Waals surface area contributed by atoms with Gasteiger partial charge < -0.3 is 9.47 Å². The molecular formula is C29H44N2O2. The van der Waals surface area contributed by atoms with Crippen LogP contribution in [0.5, 0.6) is 11.5 Å². The molecule has 182 valence electrons. The molecule has 2 rings (SSSR count). The van der Waals surface area contributed by atoms with Gasteiger partial charge in [-0.25, -0.2) is 9.97 Å². The van der Waals surface area contributed by atoms with E-state index in [4.69, 9.17) is 9.47 Å². The molecule has 4 nitrogen and oxygen atoms in total. The SMILES string of the molecule is C=CCCCCCCCCOc1ccc(-c2ncc(OCCCCCC(C)CC)cn2)cc1. The van der Waals surface area contributed by atoms with Gasteiger partial charge in [-0.1, -0.05) is 71.3 Å². The predicted octanol–water partition coefficient (Wildman–Crippen LogP) is 8.42. The van der Waals surface area contributed by atoms with Gasteiger partial charge in [0.25, 0.3) is 0 Å². The van der Waals surface area contributed by atoms with Gasteiger partial charge in [0.1, 0.15) is 5.75 Å². The molecule has 1 atom stereocenters. The highest BCUT2D eigenvalue weighted by Crippen LogP contribution is 2.21. The third-order valence-electron chi connectivity index (χ3n) is 6.12. The lowest BCUT2D eigenvalue weighted by Crippen LogP contribution is -2.00. The van der Waals surface area contributed by atoms with Gasteiger partial charge >= 0.3 is 0 Å². The van der Waals surface area contributed by atoms with Crippen molar-refractivity contribution in [2.24, 2.45) is 5.92 Å². The summed E-state index contributed by atoms with van der Waals surface area (Å²) >= 11 is 0. The van der Waals surface area contributed by atoms with Crippen LogP contribution in [0.3, 0.4) is 0 Å². The molecule has 0 bridgehead atoms. The average molecular weight is 453 g/mol. The standard InChI is InChI=1S/C29H44N2O2/c1-4-6-7-8-9-10-11-14-21-32-27-19-17-26(18-20-27)29-30-23-28(24-31-29)33-22-15-12-13-16-25(3)5-2/h4,17-20,23-25H,1,5-16,21-22H2,2-3H3. The number of nitrogens with zero attached hydrogens (tertiary/aromatic N) is 2. The quantitative estimate of drug-likeness (QED) is 0.158. The van der Waals surface area contributed by atoms with Crippen molar-refractivity contribution in [2.75, 3.05) is 13.2 Å². The lowest BCUT2D eigenvalue weighted by molar-refractivity contribution is 0.300. The van der Waals surface area contributed by atoms with E-state index in [9.17, 15) is 0 Å². The Balaban J connectivity index is 1.61. The van der Waals surface area contributed by atoms with E-state index in [1.165, 1.54) is 57.8 Å². The van der Waals surface area contributed by atoms with Crippen LogP contribution in [0.15, 0.2) is 49.3 Å². The highest BCUT2D eigenvalue weighted by molar-refractivity contribution is 5.56. The average Bonchev–Trinajstić information content (AvgIpc) is 2.85. The molecule has 1 aromatic carbocycles. The van der Waals surface area contributed by atoms with E-state index in [1.54, 1.807) is 12.4 Å². The van der Waals surface area contributed by atoms with E-state index >= 15 is 0 Å². The Labute approximate surface area is 201 Å². The second-order valence-electron chi connectivity index (χ2n) is 9.03. The number of unbranched alkanes of at least 4 members (excludes halogenated alkanes) is 8. The number of hydrogen-bond donors (Lipinski definition) is 0. The maximum atomic E-state index is 5.88. The van der Waals surface area contributed by atoms with Crippen LogP contribution in [0.1, 0.15) is 90.9 Å². The number of allylic oxidation sites excluding steroid dienone is 1. The predicted molar refractivity (Wildman–Crippen MR) is 139 cm³/mol. The van der Waals surface area contributed by atoms with Gasteiger partial charge in [0.15, 0.2) is 11.6 Å². The molecule has 0 aliphatic carbocycles. The van der Waals surface area contributed by atoms with Gasteiger partial charge in [-0.2, -0.15) is 0 Å². The number of benzene rings is 1. The van der Waals surface area contributed by atoms with E-state index in [2.05, 4.69) is 30.4 Å². The summed E-state index contributed by atoms with van der Waals surface area (Å²) in [6, 6.07) is 8.03. The van der Waals surface area contributed by atoms with Crippen LogP contribution in [0.2, 0.25) is 0 Å². The molecule has 0 N–H and O–H groups in total. The first-order chi connectivity index (χ1) is 16.2. The topological polar surface area (TPSA) is 44.2 Å². The van der Waals surface area contributed by atoms with Crippen LogP contribution in [-0.4, -0.2) is 23.2 Å². The third kappa shape index (κ3) is 11.9. The monoisotopic (exact) mass is 452 g/mol. The zero-order valence-corrected chi connectivity index (χ0v) is 20.9. The largest absolute Gasteiger partial charge is 0.494 e. The molecule has 4 heteroatoms. The van der Waals surface area contributed by atoms with Gasteiger partial charge in [-0.05, 0) is 55.9 Å². The Bertz CT molecular complexity index is 743. The molecule has 1 heterocycles. The lowest BCUT2D eigenvalue weighted by atomic mass is 10.0. The summed E-state index contributed by atoms with van der Waals surface area (Å²) < 4.78 is 11.7. The van der Waals surface area contributed by atoms with Crippen LogP contribution in [0.4, 0.5) is 0 Å². The van der Waals surface area contributed by atoms with Crippen molar-refractivity contribution < 1.29 is 9.47 Å². The minimum Gasteiger partial charge on any atom is -0.494 e. The molecule has 0 fully saturated rings. The number of ether oxygens (including phenoxy) is 2. The Morgan fingerprint density at radius 2 is 1.36 bits per heavy atom. The first-order valence-electron chi connectivity index (χ1n) is 13.0. The molecule has 0 radical (unpaired) electrons. The highest BCUT2D eigenvalue weighted by atomic mass is 16.5. The molecule has 0 aliphatic heterocycles. The fraction of sp³-hybridized carbons (Fsp3) is 0.586. The Morgan fingerprint density at radius 1 is 0.788 bits per heavy atom. The Morgan fingerprint density at radius 3 is 2.00 bits per heavy atom. The minimum atomic E-state index is 0.707. The van der Waals surface area contributed by atoms with E-state index in [0.717, 1.165) is 55.5 Å². The van der Waals surface area contributed by atoms with Crippen molar-refractivity contribution in [1.29, 1.82) is 0 Å².